The molecule has 0 heterocycles. The highest BCUT2D eigenvalue weighted by molar-refractivity contribution is 5.10. The van der Waals surface area contributed by atoms with E-state index in [4.69, 9.17) is 0 Å². The Hall–Kier alpha value is -0.210. The van der Waals surface area contributed by atoms with Crippen molar-refractivity contribution in [2.75, 3.05) is 0 Å². The van der Waals surface area contributed by atoms with Gasteiger partial charge in [0.15, 0.2) is 0 Å². The highest BCUT2D eigenvalue weighted by atomic mass is 19.4. The van der Waals surface area contributed by atoms with E-state index in [9.17, 15) is 13.2 Å². The van der Waals surface area contributed by atoms with Crippen molar-refractivity contribution in [3.05, 3.63) is 0 Å². The molecule has 3 heteroatoms. The first-order valence-corrected chi connectivity index (χ1v) is 5.38. The monoisotopic (exact) mass is 206 g/mol. The highest BCUT2D eigenvalue weighted by Gasteiger charge is 2.69. The zero-order valence-electron chi connectivity index (χ0n) is 8.75. The number of hydrogen-bond acceptors (Lipinski definition) is 0. The molecule has 0 bridgehead atoms. The van der Waals surface area contributed by atoms with Gasteiger partial charge in [0.2, 0.25) is 0 Å². The van der Waals surface area contributed by atoms with Crippen LogP contribution in [0.4, 0.5) is 13.2 Å². The van der Waals surface area contributed by atoms with Crippen LogP contribution in [0.3, 0.4) is 0 Å². The lowest BCUT2D eigenvalue weighted by Crippen LogP contribution is -2.59. The molecule has 0 saturated heterocycles. The van der Waals surface area contributed by atoms with Crippen LogP contribution >= 0.6 is 0 Å². The summed E-state index contributed by atoms with van der Waals surface area (Å²) in [6.07, 6.45) is -0.0362. The Labute approximate surface area is 82.9 Å². The second-order valence-electron chi connectivity index (χ2n) is 5.52. The lowest BCUT2D eigenvalue weighted by atomic mass is 9.42. The summed E-state index contributed by atoms with van der Waals surface area (Å²) in [6.45, 7) is 3.41. The Kier molecular flexibility index (Phi) is 1.97. The van der Waals surface area contributed by atoms with E-state index in [1.54, 1.807) is 13.8 Å². The number of hydrogen-bond donors (Lipinski definition) is 0. The molecule has 1 spiro atoms. The van der Waals surface area contributed by atoms with Crippen molar-refractivity contribution in [1.29, 1.82) is 0 Å². The molecule has 0 aliphatic heterocycles. The zero-order valence-corrected chi connectivity index (χ0v) is 8.75. The summed E-state index contributed by atoms with van der Waals surface area (Å²) >= 11 is 0. The second-order valence-corrected chi connectivity index (χ2v) is 5.52. The van der Waals surface area contributed by atoms with Gasteiger partial charge < -0.3 is 0 Å². The standard InChI is InChI=1S/C11H17F3/c1-8(2)10(11(12,13)14)6-9(7-10)4-3-5-9/h8H,3-7H2,1-2H3. The van der Waals surface area contributed by atoms with E-state index in [-0.39, 0.29) is 11.3 Å². The smallest absolute Gasteiger partial charge is 0.170 e. The Balaban J connectivity index is 2.13. The van der Waals surface area contributed by atoms with Crippen LogP contribution in [-0.4, -0.2) is 6.18 Å². The van der Waals surface area contributed by atoms with Crippen LogP contribution in [0.15, 0.2) is 0 Å². The fourth-order valence-electron chi connectivity index (χ4n) is 3.25. The minimum absolute atomic E-state index is 0.0970. The average Bonchev–Trinajstić information content (AvgIpc) is 1.75. The molecule has 2 saturated carbocycles. The van der Waals surface area contributed by atoms with Crippen LogP contribution in [0.5, 0.6) is 0 Å². The molecule has 0 nitrogen and oxygen atoms in total. The molecule has 0 aromatic carbocycles. The molecule has 0 aromatic rings. The molecule has 0 amide bonds. The van der Waals surface area contributed by atoms with Gasteiger partial charge in [0, 0.05) is 0 Å². The maximum atomic E-state index is 12.9. The SMILES string of the molecule is CC(C)C1(C(F)(F)F)CC2(CCC2)C1. The second kappa shape index (κ2) is 2.67. The van der Waals surface area contributed by atoms with Crippen LogP contribution in [0.25, 0.3) is 0 Å². The van der Waals surface area contributed by atoms with Gasteiger partial charge in [-0.1, -0.05) is 20.3 Å². The molecule has 0 atom stereocenters. The Bertz CT molecular complexity index is 227. The highest BCUT2D eigenvalue weighted by Crippen LogP contribution is 2.71. The molecular formula is C11H17F3. The summed E-state index contributed by atoms with van der Waals surface area (Å²) in [5.74, 6) is -0.270. The third kappa shape index (κ3) is 1.13. The maximum Gasteiger partial charge on any atom is 0.394 e. The first-order chi connectivity index (χ1) is 6.31. The first-order valence-electron chi connectivity index (χ1n) is 5.38. The van der Waals surface area contributed by atoms with Gasteiger partial charge >= 0.3 is 6.18 Å². The summed E-state index contributed by atoms with van der Waals surface area (Å²) in [5, 5.41) is 0. The van der Waals surface area contributed by atoms with Crippen molar-refractivity contribution in [3.63, 3.8) is 0 Å². The predicted molar refractivity (Wildman–Crippen MR) is 48.8 cm³/mol. The molecular weight excluding hydrogens is 189 g/mol. The van der Waals surface area contributed by atoms with Gasteiger partial charge in [-0.15, -0.1) is 0 Å². The fraction of sp³-hybridized carbons (Fsp3) is 1.00. The molecule has 82 valence electrons. The van der Waals surface area contributed by atoms with Crippen molar-refractivity contribution in [2.45, 2.75) is 52.1 Å². The quantitative estimate of drug-likeness (QED) is 0.604. The Morgan fingerprint density at radius 1 is 1.07 bits per heavy atom. The van der Waals surface area contributed by atoms with E-state index in [2.05, 4.69) is 0 Å². The van der Waals surface area contributed by atoms with Crippen LogP contribution in [-0.2, 0) is 0 Å². The summed E-state index contributed by atoms with van der Waals surface area (Å²) in [6, 6.07) is 0. The molecule has 2 aliphatic carbocycles. The number of halogens is 3. The van der Waals surface area contributed by atoms with E-state index in [0.29, 0.717) is 12.8 Å². The maximum absolute atomic E-state index is 12.9. The minimum atomic E-state index is -4.00. The van der Waals surface area contributed by atoms with E-state index in [1.165, 1.54) is 0 Å². The topological polar surface area (TPSA) is 0 Å². The summed E-state index contributed by atoms with van der Waals surface area (Å²) in [7, 11) is 0. The lowest BCUT2D eigenvalue weighted by molar-refractivity contribution is -0.310. The molecule has 2 aliphatic rings. The van der Waals surface area contributed by atoms with Crippen molar-refractivity contribution >= 4 is 0 Å². The minimum Gasteiger partial charge on any atom is -0.170 e. The molecule has 0 N–H and O–H groups in total. The first kappa shape index (κ1) is 10.3. The number of alkyl halides is 3. The van der Waals surface area contributed by atoms with Gasteiger partial charge in [0.05, 0.1) is 5.41 Å². The Morgan fingerprint density at radius 3 is 1.79 bits per heavy atom. The van der Waals surface area contributed by atoms with E-state index >= 15 is 0 Å². The van der Waals surface area contributed by atoms with Gasteiger partial charge in [-0.2, -0.15) is 13.2 Å². The molecule has 0 unspecified atom stereocenters. The van der Waals surface area contributed by atoms with Gasteiger partial charge in [-0.3, -0.25) is 0 Å². The van der Waals surface area contributed by atoms with Gasteiger partial charge in [-0.05, 0) is 37.0 Å². The van der Waals surface area contributed by atoms with Gasteiger partial charge in [0.1, 0.15) is 0 Å². The zero-order chi connectivity index (χ0) is 10.6. The normalized spacial score (nSPS) is 28.7. The molecule has 2 rings (SSSR count). The van der Waals surface area contributed by atoms with Gasteiger partial charge in [-0.25, -0.2) is 0 Å². The summed E-state index contributed by atoms with van der Waals surface area (Å²) in [4.78, 5) is 0. The van der Waals surface area contributed by atoms with Crippen molar-refractivity contribution in [1.82, 2.24) is 0 Å². The van der Waals surface area contributed by atoms with Crippen LogP contribution < -0.4 is 0 Å². The molecule has 0 radical (unpaired) electrons. The third-order valence-corrected chi connectivity index (χ3v) is 4.46. The predicted octanol–water partition coefficient (Wildman–Crippen LogP) is 4.16. The van der Waals surface area contributed by atoms with E-state index in [1.807, 2.05) is 0 Å². The lowest BCUT2D eigenvalue weighted by Gasteiger charge is -2.63. The van der Waals surface area contributed by atoms with Crippen LogP contribution in [0.2, 0.25) is 0 Å². The van der Waals surface area contributed by atoms with E-state index < -0.39 is 11.6 Å². The third-order valence-electron chi connectivity index (χ3n) is 4.46. The van der Waals surface area contributed by atoms with Crippen molar-refractivity contribution < 1.29 is 13.2 Å². The molecule has 0 aromatic heterocycles. The average molecular weight is 206 g/mol. The molecule has 14 heavy (non-hydrogen) atoms. The van der Waals surface area contributed by atoms with Crippen molar-refractivity contribution in [2.24, 2.45) is 16.7 Å². The Morgan fingerprint density at radius 2 is 1.57 bits per heavy atom. The summed E-state index contributed by atoms with van der Waals surface area (Å²) < 4.78 is 38.7. The van der Waals surface area contributed by atoms with E-state index in [0.717, 1.165) is 19.3 Å². The number of rotatable bonds is 1. The van der Waals surface area contributed by atoms with Gasteiger partial charge in [0.25, 0.3) is 0 Å². The van der Waals surface area contributed by atoms with Crippen molar-refractivity contribution in [3.8, 4) is 0 Å². The van der Waals surface area contributed by atoms with Crippen LogP contribution in [0.1, 0.15) is 46.0 Å². The molecule has 2 fully saturated rings. The largest absolute Gasteiger partial charge is 0.394 e. The fourth-order valence-corrected chi connectivity index (χ4v) is 3.25. The van der Waals surface area contributed by atoms with Crippen LogP contribution in [0, 0.1) is 16.7 Å². The summed E-state index contributed by atoms with van der Waals surface area (Å²) in [5.41, 5.74) is -1.26.